The fraction of sp³-hybridized carbons (Fsp3) is 0.500. The highest BCUT2D eigenvalue weighted by Crippen LogP contribution is 2.15. The molecule has 0 aromatic carbocycles. The van der Waals surface area contributed by atoms with E-state index < -0.39 is 11.0 Å². The third-order valence-electron chi connectivity index (χ3n) is 3.07. The standard InChI is InChI=1S/C10H14N4O4/c1-13(7-4-11-5-8(7)15)10(16)6-2-3-9(12-6)14(17)18/h2-3,7-8,11-12,15H,4-5H2,1H3/t7-,8-/m0/s1. The molecule has 2 rings (SSSR count). The number of β-amino-alcohol motifs (C(OH)–C–C–N with tert-alkyl or cyclic N) is 1. The van der Waals surface area contributed by atoms with Gasteiger partial charge in [0.2, 0.25) is 0 Å². The quantitative estimate of drug-likeness (QED) is 0.489. The van der Waals surface area contributed by atoms with E-state index in [9.17, 15) is 20.0 Å². The minimum atomic E-state index is -0.621. The highest BCUT2D eigenvalue weighted by atomic mass is 16.6. The Labute approximate surface area is 103 Å². The van der Waals surface area contributed by atoms with Crippen LogP contribution < -0.4 is 5.32 Å². The lowest BCUT2D eigenvalue weighted by Gasteiger charge is -2.25. The molecular weight excluding hydrogens is 240 g/mol. The zero-order chi connectivity index (χ0) is 13.3. The molecule has 1 aliphatic rings. The summed E-state index contributed by atoms with van der Waals surface area (Å²) in [5.41, 5.74) is 0.142. The number of aliphatic hydroxyl groups is 1. The van der Waals surface area contributed by atoms with Gasteiger partial charge < -0.3 is 25.4 Å². The molecule has 1 amide bonds. The summed E-state index contributed by atoms with van der Waals surface area (Å²) in [6.07, 6.45) is -0.621. The van der Waals surface area contributed by atoms with E-state index in [0.29, 0.717) is 13.1 Å². The van der Waals surface area contributed by atoms with Crippen molar-refractivity contribution in [2.45, 2.75) is 12.1 Å². The Morgan fingerprint density at radius 3 is 2.78 bits per heavy atom. The highest BCUT2D eigenvalue weighted by Gasteiger charge is 2.33. The van der Waals surface area contributed by atoms with Gasteiger partial charge in [0.15, 0.2) is 5.69 Å². The van der Waals surface area contributed by atoms with Crippen LogP contribution in [0, 0.1) is 10.1 Å². The van der Waals surface area contributed by atoms with E-state index in [1.807, 2.05) is 0 Å². The summed E-state index contributed by atoms with van der Waals surface area (Å²) in [4.78, 5) is 25.8. The SMILES string of the molecule is CN(C(=O)c1ccc([N+](=O)[O-])[nH]1)[C@H]1CNC[C@@H]1O. The normalized spacial score (nSPS) is 23.0. The van der Waals surface area contributed by atoms with Crippen LogP contribution in [0.3, 0.4) is 0 Å². The number of nitrogens with one attached hydrogen (secondary N) is 2. The van der Waals surface area contributed by atoms with Gasteiger partial charge in [0.1, 0.15) is 0 Å². The monoisotopic (exact) mass is 254 g/mol. The van der Waals surface area contributed by atoms with Gasteiger partial charge >= 0.3 is 5.82 Å². The van der Waals surface area contributed by atoms with Crippen molar-refractivity contribution < 1.29 is 14.8 Å². The topological polar surface area (TPSA) is 112 Å². The van der Waals surface area contributed by atoms with E-state index in [-0.39, 0.29) is 23.5 Å². The molecule has 1 aliphatic heterocycles. The first-order valence-electron chi connectivity index (χ1n) is 5.50. The summed E-state index contributed by atoms with van der Waals surface area (Å²) in [5.74, 6) is -0.604. The number of nitro groups is 1. The van der Waals surface area contributed by atoms with Crippen LogP contribution in [0.5, 0.6) is 0 Å². The van der Waals surface area contributed by atoms with E-state index in [1.54, 1.807) is 7.05 Å². The molecule has 2 atom stereocenters. The lowest BCUT2D eigenvalue weighted by Crippen LogP contribution is -2.44. The van der Waals surface area contributed by atoms with E-state index in [4.69, 9.17) is 0 Å². The molecule has 8 heteroatoms. The summed E-state index contributed by atoms with van der Waals surface area (Å²) in [7, 11) is 1.57. The predicted molar refractivity (Wildman–Crippen MR) is 62.2 cm³/mol. The number of amides is 1. The minimum absolute atomic E-state index is 0.142. The molecular formula is C10H14N4O4. The van der Waals surface area contributed by atoms with Crippen LogP contribution in [-0.4, -0.2) is 58.1 Å². The van der Waals surface area contributed by atoms with Crippen molar-refractivity contribution in [2.24, 2.45) is 0 Å². The molecule has 1 aromatic rings. The molecule has 1 fully saturated rings. The van der Waals surface area contributed by atoms with Crippen LogP contribution in [0.15, 0.2) is 12.1 Å². The Kier molecular flexibility index (Phi) is 3.30. The Morgan fingerprint density at radius 2 is 2.28 bits per heavy atom. The fourth-order valence-corrected chi connectivity index (χ4v) is 2.00. The summed E-state index contributed by atoms with van der Waals surface area (Å²) >= 11 is 0. The third kappa shape index (κ3) is 2.20. The maximum Gasteiger partial charge on any atom is 0.321 e. The van der Waals surface area contributed by atoms with Gasteiger partial charge in [0, 0.05) is 26.2 Å². The summed E-state index contributed by atoms with van der Waals surface area (Å²) in [5, 5.41) is 23.2. The second-order valence-electron chi connectivity index (χ2n) is 4.22. The Hall–Kier alpha value is -1.93. The number of carbonyl (C=O) groups excluding carboxylic acids is 1. The Morgan fingerprint density at radius 1 is 1.56 bits per heavy atom. The smallest absolute Gasteiger partial charge is 0.321 e. The molecule has 2 heterocycles. The van der Waals surface area contributed by atoms with Crippen molar-refractivity contribution in [2.75, 3.05) is 20.1 Å². The molecule has 0 spiro atoms. The number of aliphatic hydroxyl groups excluding tert-OH is 1. The van der Waals surface area contributed by atoms with E-state index in [2.05, 4.69) is 10.3 Å². The van der Waals surface area contributed by atoms with Crippen molar-refractivity contribution in [3.8, 4) is 0 Å². The third-order valence-corrected chi connectivity index (χ3v) is 3.07. The molecule has 3 N–H and O–H groups in total. The second-order valence-corrected chi connectivity index (χ2v) is 4.22. The van der Waals surface area contributed by atoms with Crippen molar-refractivity contribution in [3.63, 3.8) is 0 Å². The number of hydrogen-bond donors (Lipinski definition) is 3. The fourth-order valence-electron chi connectivity index (χ4n) is 2.00. The van der Waals surface area contributed by atoms with Gasteiger partial charge in [0.25, 0.3) is 5.91 Å². The van der Waals surface area contributed by atoms with Crippen molar-refractivity contribution in [1.29, 1.82) is 0 Å². The lowest BCUT2D eigenvalue weighted by atomic mass is 10.2. The summed E-state index contributed by atoms with van der Waals surface area (Å²) in [6, 6.07) is 2.29. The van der Waals surface area contributed by atoms with E-state index in [0.717, 1.165) is 0 Å². The zero-order valence-corrected chi connectivity index (χ0v) is 9.79. The minimum Gasteiger partial charge on any atom is -0.390 e. The average molecular weight is 254 g/mol. The van der Waals surface area contributed by atoms with Gasteiger partial charge in [-0.3, -0.25) is 4.79 Å². The Balaban J connectivity index is 2.12. The molecule has 1 aromatic heterocycles. The number of rotatable bonds is 3. The number of carbonyl (C=O) groups is 1. The van der Waals surface area contributed by atoms with Gasteiger partial charge in [-0.1, -0.05) is 0 Å². The van der Waals surface area contributed by atoms with Gasteiger partial charge in [-0.25, -0.2) is 4.98 Å². The first-order chi connectivity index (χ1) is 8.50. The van der Waals surface area contributed by atoms with Crippen LogP contribution in [0.2, 0.25) is 0 Å². The molecule has 98 valence electrons. The van der Waals surface area contributed by atoms with Gasteiger partial charge in [0.05, 0.1) is 12.1 Å². The number of likely N-dealkylation sites (N-methyl/N-ethyl adjacent to an activating group) is 1. The number of H-pyrrole nitrogens is 1. The zero-order valence-electron chi connectivity index (χ0n) is 9.79. The first-order valence-corrected chi connectivity index (χ1v) is 5.50. The van der Waals surface area contributed by atoms with E-state index in [1.165, 1.54) is 17.0 Å². The predicted octanol–water partition coefficient (Wildman–Crippen LogP) is -0.672. The molecule has 18 heavy (non-hydrogen) atoms. The van der Waals surface area contributed by atoms with Crippen LogP contribution in [0.25, 0.3) is 0 Å². The lowest BCUT2D eigenvalue weighted by molar-refractivity contribution is -0.389. The first kappa shape index (κ1) is 12.5. The number of nitrogens with zero attached hydrogens (tertiary/aromatic N) is 2. The largest absolute Gasteiger partial charge is 0.390 e. The van der Waals surface area contributed by atoms with Crippen LogP contribution in [0.4, 0.5) is 5.82 Å². The maximum absolute atomic E-state index is 12.0. The van der Waals surface area contributed by atoms with Crippen LogP contribution >= 0.6 is 0 Å². The average Bonchev–Trinajstić information content (AvgIpc) is 2.95. The molecule has 0 unspecified atom stereocenters. The Bertz CT molecular complexity index is 472. The van der Waals surface area contributed by atoms with Crippen molar-refractivity contribution in [1.82, 2.24) is 15.2 Å². The van der Waals surface area contributed by atoms with Gasteiger partial charge in [-0.05, 0) is 11.0 Å². The van der Waals surface area contributed by atoms with Crippen molar-refractivity contribution in [3.05, 3.63) is 27.9 Å². The van der Waals surface area contributed by atoms with Gasteiger partial charge in [-0.15, -0.1) is 0 Å². The summed E-state index contributed by atoms with van der Waals surface area (Å²) < 4.78 is 0. The van der Waals surface area contributed by atoms with Crippen LogP contribution in [0.1, 0.15) is 10.5 Å². The molecule has 0 saturated carbocycles. The van der Waals surface area contributed by atoms with Crippen LogP contribution in [-0.2, 0) is 0 Å². The maximum atomic E-state index is 12.0. The van der Waals surface area contributed by atoms with E-state index >= 15 is 0 Å². The summed E-state index contributed by atoms with van der Waals surface area (Å²) in [6.45, 7) is 0.944. The second kappa shape index (κ2) is 4.75. The molecule has 0 aliphatic carbocycles. The number of aromatic amines is 1. The number of hydrogen-bond acceptors (Lipinski definition) is 5. The van der Waals surface area contributed by atoms with Gasteiger partial charge in [-0.2, -0.15) is 0 Å². The highest BCUT2D eigenvalue weighted by molar-refractivity contribution is 5.93. The van der Waals surface area contributed by atoms with Crippen molar-refractivity contribution >= 4 is 11.7 Å². The molecule has 1 saturated heterocycles. The molecule has 0 bridgehead atoms. The molecule has 0 radical (unpaired) electrons. The molecule has 8 nitrogen and oxygen atoms in total. The number of aromatic nitrogens is 1.